The van der Waals surface area contributed by atoms with Crippen molar-refractivity contribution in [3.63, 3.8) is 0 Å². The Hall–Kier alpha value is -1.99. The highest BCUT2D eigenvalue weighted by atomic mass is 16.7. The van der Waals surface area contributed by atoms with E-state index in [4.69, 9.17) is 9.47 Å². The Morgan fingerprint density at radius 1 is 1.11 bits per heavy atom. The summed E-state index contributed by atoms with van der Waals surface area (Å²) < 4.78 is 12.4. The van der Waals surface area contributed by atoms with Gasteiger partial charge in [0.1, 0.15) is 0 Å². The molecule has 3 N–H and O–H groups in total. The number of ether oxygens (including phenoxy) is 2. The van der Waals surface area contributed by atoms with E-state index in [0.717, 1.165) is 25.7 Å². The number of carbonyl (C=O) groups excluding carboxylic acids is 1. The van der Waals surface area contributed by atoms with Crippen LogP contribution in [0.15, 0.2) is 59.8 Å². The molecule has 2 rings (SSSR count). The summed E-state index contributed by atoms with van der Waals surface area (Å²) in [5.41, 5.74) is 2.62. The molecule has 6 nitrogen and oxygen atoms in total. The van der Waals surface area contributed by atoms with Crippen LogP contribution in [0.3, 0.4) is 0 Å². The van der Waals surface area contributed by atoms with Gasteiger partial charge in [-0.1, -0.05) is 60.6 Å². The minimum atomic E-state index is -0.515. The lowest BCUT2D eigenvalue weighted by Crippen LogP contribution is -2.54. The van der Waals surface area contributed by atoms with E-state index < -0.39 is 12.4 Å². The van der Waals surface area contributed by atoms with Crippen LogP contribution in [0.2, 0.25) is 0 Å². The van der Waals surface area contributed by atoms with Gasteiger partial charge in [-0.25, -0.2) is 0 Å². The van der Waals surface area contributed by atoms with Gasteiger partial charge < -0.3 is 25.2 Å². The highest BCUT2D eigenvalue weighted by molar-refractivity contribution is 5.87. The molecular formula is C29H46N2O4. The standard InChI is InChI=1S/C29H46N2O4/c1-21-12-8-6-9-13-23(3)20-31-27(33)15-11-7-10-14-25(17-16-22(2)18-21)35-28-19-26(32)29(30-5)24(4)34-28/h6-8,10-12,15-16,23-26,28-30,32H,9,13-14,17-20H2,1-5H3,(H,31,33)/b8-6+,10-7+,15-11+,21-12+,22-16+/t23-,24+,25+,26-,28-,29+/m0/s1. The maximum atomic E-state index is 12.1. The molecule has 6 atom stereocenters. The summed E-state index contributed by atoms with van der Waals surface area (Å²) in [6.07, 6.45) is 19.7. The van der Waals surface area contributed by atoms with Crippen LogP contribution in [-0.2, 0) is 14.3 Å². The molecule has 0 bridgehead atoms. The average Bonchev–Trinajstić information content (AvgIpc) is 2.79. The van der Waals surface area contributed by atoms with E-state index in [1.165, 1.54) is 11.1 Å². The fraction of sp³-hybridized carbons (Fsp3) is 0.621. The summed E-state index contributed by atoms with van der Waals surface area (Å²) in [5, 5.41) is 16.6. The van der Waals surface area contributed by atoms with Crippen molar-refractivity contribution >= 4 is 5.91 Å². The van der Waals surface area contributed by atoms with Crippen molar-refractivity contribution in [2.24, 2.45) is 5.92 Å². The van der Waals surface area contributed by atoms with Crippen molar-refractivity contribution in [2.45, 2.75) is 96.9 Å². The highest BCUT2D eigenvalue weighted by Gasteiger charge is 2.35. The van der Waals surface area contributed by atoms with Crippen molar-refractivity contribution in [1.82, 2.24) is 10.6 Å². The molecule has 0 aromatic heterocycles. The number of aliphatic hydroxyl groups is 1. The summed E-state index contributed by atoms with van der Waals surface area (Å²) in [6, 6.07) is -0.0984. The van der Waals surface area contributed by atoms with Gasteiger partial charge in [0.25, 0.3) is 0 Å². The monoisotopic (exact) mass is 486 g/mol. The molecule has 1 saturated heterocycles. The zero-order valence-electron chi connectivity index (χ0n) is 22.2. The Labute approximate surface area is 212 Å². The first kappa shape index (κ1) is 29.2. The van der Waals surface area contributed by atoms with E-state index in [1.54, 1.807) is 12.2 Å². The van der Waals surface area contributed by atoms with E-state index in [-0.39, 0.29) is 24.2 Å². The van der Waals surface area contributed by atoms with E-state index in [9.17, 15) is 9.90 Å². The Morgan fingerprint density at radius 2 is 1.91 bits per heavy atom. The highest BCUT2D eigenvalue weighted by Crippen LogP contribution is 2.24. The maximum Gasteiger partial charge on any atom is 0.243 e. The van der Waals surface area contributed by atoms with Gasteiger partial charge in [0.15, 0.2) is 6.29 Å². The Kier molecular flexibility index (Phi) is 13.3. The second-order valence-electron chi connectivity index (χ2n) is 10.0. The molecule has 0 aliphatic carbocycles. The number of amides is 1. The van der Waals surface area contributed by atoms with Crippen LogP contribution in [0.1, 0.15) is 66.2 Å². The molecule has 1 fully saturated rings. The third-order valence-electron chi connectivity index (χ3n) is 6.55. The van der Waals surface area contributed by atoms with Crippen molar-refractivity contribution in [3.8, 4) is 0 Å². The largest absolute Gasteiger partial charge is 0.391 e. The molecule has 0 spiro atoms. The summed E-state index contributed by atoms with van der Waals surface area (Å²) in [5.74, 6) is 0.354. The predicted molar refractivity (Wildman–Crippen MR) is 143 cm³/mol. The van der Waals surface area contributed by atoms with E-state index >= 15 is 0 Å². The molecule has 0 saturated carbocycles. The molecule has 0 aromatic carbocycles. The van der Waals surface area contributed by atoms with Crippen molar-refractivity contribution in [2.75, 3.05) is 13.6 Å². The zero-order chi connectivity index (χ0) is 25.6. The Morgan fingerprint density at radius 3 is 2.66 bits per heavy atom. The number of hydrogen-bond donors (Lipinski definition) is 3. The Bertz CT molecular complexity index is 787. The van der Waals surface area contributed by atoms with Crippen molar-refractivity contribution in [3.05, 3.63) is 59.8 Å². The van der Waals surface area contributed by atoms with E-state index in [0.29, 0.717) is 25.3 Å². The maximum absolute atomic E-state index is 12.1. The number of nitrogens with one attached hydrogen (secondary N) is 2. The van der Waals surface area contributed by atoms with Gasteiger partial charge in [-0.05, 0) is 65.8 Å². The van der Waals surface area contributed by atoms with Gasteiger partial charge in [0.05, 0.1) is 24.4 Å². The second kappa shape index (κ2) is 15.9. The fourth-order valence-corrected chi connectivity index (χ4v) is 4.47. The normalized spacial score (nSPS) is 38.2. The number of likely N-dealkylation sites (N-methyl/N-ethyl adjacent to an activating group) is 1. The quantitative estimate of drug-likeness (QED) is 0.503. The van der Waals surface area contributed by atoms with Crippen LogP contribution in [0.4, 0.5) is 0 Å². The van der Waals surface area contributed by atoms with Crippen molar-refractivity contribution in [1.29, 1.82) is 0 Å². The second-order valence-corrected chi connectivity index (χ2v) is 10.0. The minimum Gasteiger partial charge on any atom is -0.391 e. The van der Waals surface area contributed by atoms with Gasteiger partial charge in [0.2, 0.25) is 5.91 Å². The molecule has 35 heavy (non-hydrogen) atoms. The summed E-state index contributed by atoms with van der Waals surface area (Å²) in [6.45, 7) is 9.11. The van der Waals surface area contributed by atoms with Gasteiger partial charge in [0, 0.05) is 19.0 Å². The van der Waals surface area contributed by atoms with Crippen LogP contribution in [-0.4, -0.2) is 55.2 Å². The van der Waals surface area contributed by atoms with Crippen LogP contribution in [0.25, 0.3) is 0 Å². The molecular weight excluding hydrogens is 440 g/mol. The van der Waals surface area contributed by atoms with Crippen LogP contribution in [0.5, 0.6) is 0 Å². The molecule has 2 heterocycles. The van der Waals surface area contributed by atoms with Gasteiger partial charge >= 0.3 is 0 Å². The van der Waals surface area contributed by atoms with E-state index in [2.05, 4.69) is 55.7 Å². The molecule has 0 unspecified atom stereocenters. The van der Waals surface area contributed by atoms with Gasteiger partial charge in [-0.15, -0.1) is 0 Å². The van der Waals surface area contributed by atoms with E-state index in [1.807, 2.05) is 26.1 Å². The number of allylic oxidation sites excluding steroid dienone is 7. The number of rotatable bonds is 3. The van der Waals surface area contributed by atoms with Gasteiger partial charge in [-0.2, -0.15) is 0 Å². The third kappa shape index (κ3) is 11.5. The predicted octanol–water partition coefficient (Wildman–Crippen LogP) is 4.73. The van der Waals surface area contributed by atoms with Crippen molar-refractivity contribution < 1.29 is 19.4 Å². The lowest BCUT2D eigenvalue weighted by Gasteiger charge is -2.39. The molecule has 2 aliphatic heterocycles. The third-order valence-corrected chi connectivity index (χ3v) is 6.55. The molecule has 2 aliphatic rings. The smallest absolute Gasteiger partial charge is 0.243 e. The Balaban J connectivity index is 2.10. The van der Waals surface area contributed by atoms with Gasteiger partial charge in [-0.3, -0.25) is 4.79 Å². The lowest BCUT2D eigenvalue weighted by atomic mass is 9.99. The lowest BCUT2D eigenvalue weighted by molar-refractivity contribution is -0.236. The molecule has 0 radical (unpaired) electrons. The minimum absolute atomic E-state index is 0.0750. The van der Waals surface area contributed by atoms with Crippen LogP contribution in [0, 0.1) is 5.92 Å². The molecule has 1 amide bonds. The summed E-state index contributed by atoms with van der Waals surface area (Å²) >= 11 is 0. The first-order valence-electron chi connectivity index (χ1n) is 13.0. The molecule has 6 heteroatoms. The van der Waals surface area contributed by atoms with Crippen LogP contribution >= 0.6 is 0 Å². The summed E-state index contributed by atoms with van der Waals surface area (Å²) in [7, 11) is 1.84. The number of hydrogen-bond acceptors (Lipinski definition) is 5. The summed E-state index contributed by atoms with van der Waals surface area (Å²) in [4.78, 5) is 12.1. The molecule has 0 aromatic rings. The fourth-order valence-electron chi connectivity index (χ4n) is 4.47. The average molecular weight is 487 g/mol. The first-order valence-corrected chi connectivity index (χ1v) is 13.0. The topological polar surface area (TPSA) is 79.8 Å². The number of aliphatic hydroxyl groups excluding tert-OH is 1. The number of carbonyl (C=O) groups is 1. The van der Waals surface area contributed by atoms with Crippen LogP contribution < -0.4 is 10.6 Å². The first-order chi connectivity index (χ1) is 16.8. The zero-order valence-corrected chi connectivity index (χ0v) is 22.2. The molecule has 196 valence electrons. The SMILES string of the molecule is CN[C@H]1[C@@H](O)C[C@H](O[C@@H]2C/C=C/C=C/C(=O)NC[C@@H](C)CC/C=C/C=C(\C)C/C(C)=C/C2)O[C@@H]1C.